The maximum absolute atomic E-state index is 4.09. The third-order valence-electron chi connectivity index (χ3n) is 12.9. The second kappa shape index (κ2) is 19.4. The van der Waals surface area contributed by atoms with Gasteiger partial charge in [0.2, 0.25) is 0 Å². The molecule has 0 saturated heterocycles. The number of rotatable bonds is 13. The third kappa shape index (κ3) is 9.06. The lowest BCUT2D eigenvalue weighted by Gasteiger charge is -2.35. The van der Waals surface area contributed by atoms with Gasteiger partial charge in [-0.25, -0.2) is 0 Å². The van der Waals surface area contributed by atoms with E-state index in [2.05, 4.69) is 282 Å². The van der Waals surface area contributed by atoms with E-state index in [4.69, 9.17) is 0 Å². The summed E-state index contributed by atoms with van der Waals surface area (Å²) >= 11 is 0. The van der Waals surface area contributed by atoms with Crippen molar-refractivity contribution in [2.24, 2.45) is 0 Å². The molecule has 0 heterocycles. The molecule has 0 aromatic heterocycles. The van der Waals surface area contributed by atoms with Gasteiger partial charge in [0.15, 0.2) is 0 Å². The molecule has 0 amide bonds. The Balaban J connectivity index is 1.26. The van der Waals surface area contributed by atoms with Crippen molar-refractivity contribution < 1.29 is 0 Å². The average Bonchev–Trinajstić information content (AvgIpc) is 3.34. The van der Waals surface area contributed by atoms with Gasteiger partial charge in [0, 0.05) is 68.2 Å². The van der Waals surface area contributed by atoms with Crippen molar-refractivity contribution in [3.63, 3.8) is 0 Å². The van der Waals surface area contributed by atoms with Crippen molar-refractivity contribution in [3.05, 3.63) is 257 Å². The van der Waals surface area contributed by atoms with Crippen molar-refractivity contribution >= 4 is 74.3 Å². The molecule has 4 nitrogen and oxygen atoms in total. The molecular weight excluding hydrogens is 825 g/mol. The summed E-state index contributed by atoms with van der Waals surface area (Å²) < 4.78 is 0. The van der Waals surface area contributed by atoms with Crippen LogP contribution in [0.1, 0.15) is 50.1 Å². The van der Waals surface area contributed by atoms with Crippen molar-refractivity contribution in [2.75, 3.05) is 19.6 Å². The van der Waals surface area contributed by atoms with E-state index in [-0.39, 0.29) is 0 Å². The molecule has 0 aliphatic rings. The summed E-state index contributed by atoms with van der Waals surface area (Å²) in [4.78, 5) is 9.65. The Hall–Kier alpha value is -8.08. The van der Waals surface area contributed by atoms with Gasteiger partial charge in [-0.3, -0.25) is 0 Å². The van der Waals surface area contributed by atoms with Crippen LogP contribution in [0.25, 0.3) is 6.08 Å². The van der Waals surface area contributed by atoms with Gasteiger partial charge in [-0.05, 0) is 215 Å². The highest BCUT2D eigenvalue weighted by Crippen LogP contribution is 2.49. The average molecular weight is 885 g/mol. The summed E-state index contributed by atoms with van der Waals surface area (Å²) in [5.41, 5.74) is 24.0. The first-order chi connectivity index (χ1) is 33.0. The van der Waals surface area contributed by atoms with E-state index >= 15 is 0 Å². The van der Waals surface area contributed by atoms with Gasteiger partial charge in [-0.15, -0.1) is 0 Å². The summed E-state index contributed by atoms with van der Waals surface area (Å²) in [6.07, 6.45) is 1.91. The fourth-order valence-corrected chi connectivity index (χ4v) is 9.53. The molecular formula is C64H60N4. The fourth-order valence-electron chi connectivity index (χ4n) is 9.53. The Morgan fingerprint density at radius 3 is 0.824 bits per heavy atom. The van der Waals surface area contributed by atoms with E-state index in [0.717, 1.165) is 84.9 Å². The lowest BCUT2D eigenvalue weighted by Crippen LogP contribution is -2.18. The van der Waals surface area contributed by atoms with Gasteiger partial charge >= 0.3 is 0 Å². The standard InChI is InChI=1S/C64H60N4/c1-10-52-25-22-34-58(43-52)67(55-30-18-13-19-31-55)61-39-51(9)64(42-48(61)6)68(62-40-46(4)59(37-49(62)7)65(53-26-14-11-15-27-53)56-32-20-23-44(2)35-56)63-41-47(5)60(38-50(63)8)66(54-28-16-12-17-29-54)57-33-21-24-45(3)36-57/h10-43H,1H2,2-9H3. The van der Waals surface area contributed by atoms with E-state index in [1.807, 2.05) is 6.08 Å². The highest BCUT2D eigenvalue weighted by atomic mass is 15.2. The Bertz CT molecular complexity index is 3100. The Labute approximate surface area is 404 Å². The van der Waals surface area contributed by atoms with E-state index in [0.29, 0.717) is 0 Å². The molecule has 336 valence electrons. The highest BCUT2D eigenvalue weighted by Gasteiger charge is 2.26. The molecule has 0 spiro atoms. The maximum Gasteiger partial charge on any atom is 0.0495 e. The van der Waals surface area contributed by atoms with Gasteiger partial charge in [0.25, 0.3) is 0 Å². The number of benzene rings is 9. The number of aryl methyl sites for hydroxylation is 8. The monoisotopic (exact) mass is 884 g/mol. The normalized spacial score (nSPS) is 11.0. The van der Waals surface area contributed by atoms with Crippen molar-refractivity contribution in [3.8, 4) is 0 Å². The summed E-state index contributed by atoms with van der Waals surface area (Å²) in [5.74, 6) is 0. The zero-order chi connectivity index (χ0) is 47.5. The fraction of sp³-hybridized carbons (Fsp3) is 0.125. The predicted octanol–water partition coefficient (Wildman–Crippen LogP) is 18.7. The van der Waals surface area contributed by atoms with Crippen LogP contribution in [-0.4, -0.2) is 0 Å². The third-order valence-corrected chi connectivity index (χ3v) is 12.9. The number of para-hydroxylation sites is 3. The zero-order valence-corrected chi connectivity index (χ0v) is 40.6. The SMILES string of the molecule is C=Cc1cccc(N(c2ccccc2)c2cc(C)c(N(c3cc(C)c(N(c4ccccc4)c4cccc(C)c4)cc3C)c3cc(C)c(N(c4ccccc4)c4cccc(C)c4)cc3C)cc2C)c1. The zero-order valence-electron chi connectivity index (χ0n) is 40.6. The van der Waals surface area contributed by atoms with Crippen molar-refractivity contribution in [2.45, 2.75) is 55.4 Å². The van der Waals surface area contributed by atoms with Crippen LogP contribution in [0.5, 0.6) is 0 Å². The van der Waals surface area contributed by atoms with Gasteiger partial charge in [-0.2, -0.15) is 0 Å². The van der Waals surface area contributed by atoms with Crippen LogP contribution in [-0.2, 0) is 0 Å². The van der Waals surface area contributed by atoms with Crippen LogP contribution in [0, 0.1) is 55.4 Å². The number of hydrogen-bond donors (Lipinski definition) is 0. The number of anilines is 12. The van der Waals surface area contributed by atoms with Gasteiger partial charge < -0.3 is 19.6 Å². The molecule has 0 radical (unpaired) electrons. The Morgan fingerprint density at radius 1 is 0.265 bits per heavy atom. The second-order valence-electron chi connectivity index (χ2n) is 18.1. The molecule has 0 saturated carbocycles. The molecule has 9 rings (SSSR count). The van der Waals surface area contributed by atoms with Gasteiger partial charge in [0.05, 0.1) is 0 Å². The quantitative estimate of drug-likeness (QED) is 0.114. The van der Waals surface area contributed by atoms with Crippen LogP contribution >= 0.6 is 0 Å². The second-order valence-corrected chi connectivity index (χ2v) is 18.1. The van der Waals surface area contributed by atoms with Crippen LogP contribution in [0.15, 0.2) is 207 Å². The molecule has 4 heteroatoms. The molecule has 0 aliphatic carbocycles. The van der Waals surface area contributed by atoms with E-state index in [9.17, 15) is 0 Å². The highest BCUT2D eigenvalue weighted by molar-refractivity contribution is 5.91. The molecule has 0 atom stereocenters. The molecule has 9 aromatic rings. The number of nitrogens with zero attached hydrogens (tertiary/aromatic N) is 4. The molecule has 68 heavy (non-hydrogen) atoms. The van der Waals surface area contributed by atoms with Crippen LogP contribution in [0.2, 0.25) is 0 Å². The van der Waals surface area contributed by atoms with E-state index in [1.54, 1.807) is 0 Å². The molecule has 0 fully saturated rings. The van der Waals surface area contributed by atoms with Gasteiger partial charge in [-0.1, -0.05) is 104 Å². The summed E-state index contributed by atoms with van der Waals surface area (Å²) in [6, 6.07) is 72.5. The molecule has 0 bridgehead atoms. The molecule has 0 aliphatic heterocycles. The maximum atomic E-state index is 4.09. The minimum atomic E-state index is 1.07. The predicted molar refractivity (Wildman–Crippen MR) is 293 cm³/mol. The number of hydrogen-bond acceptors (Lipinski definition) is 4. The Kier molecular flexibility index (Phi) is 12.9. The topological polar surface area (TPSA) is 13.0 Å². The summed E-state index contributed by atoms with van der Waals surface area (Å²) in [7, 11) is 0. The van der Waals surface area contributed by atoms with Crippen LogP contribution in [0.4, 0.5) is 68.2 Å². The van der Waals surface area contributed by atoms with Crippen LogP contribution < -0.4 is 19.6 Å². The Morgan fingerprint density at radius 2 is 0.529 bits per heavy atom. The first-order valence-electron chi connectivity index (χ1n) is 23.5. The van der Waals surface area contributed by atoms with Crippen LogP contribution in [0.3, 0.4) is 0 Å². The van der Waals surface area contributed by atoms with Crippen molar-refractivity contribution in [1.82, 2.24) is 0 Å². The molecule has 0 unspecified atom stereocenters. The molecule has 0 N–H and O–H groups in total. The van der Waals surface area contributed by atoms with E-state index < -0.39 is 0 Å². The smallest absolute Gasteiger partial charge is 0.0495 e. The lowest BCUT2D eigenvalue weighted by molar-refractivity contribution is 1.15. The summed E-state index contributed by atoms with van der Waals surface area (Å²) in [6.45, 7) is 21.9. The van der Waals surface area contributed by atoms with Gasteiger partial charge in [0.1, 0.15) is 0 Å². The first kappa shape index (κ1) is 45.1. The lowest BCUT2D eigenvalue weighted by atomic mass is 9.98. The minimum absolute atomic E-state index is 1.07. The minimum Gasteiger partial charge on any atom is -0.310 e. The van der Waals surface area contributed by atoms with Crippen molar-refractivity contribution in [1.29, 1.82) is 0 Å². The largest absolute Gasteiger partial charge is 0.310 e. The van der Waals surface area contributed by atoms with E-state index in [1.165, 1.54) is 33.4 Å². The first-order valence-corrected chi connectivity index (χ1v) is 23.5. The molecule has 9 aromatic carbocycles. The summed E-state index contributed by atoms with van der Waals surface area (Å²) in [5, 5.41) is 0.